The number of methoxy groups -OCH3 is 1. The lowest BCUT2D eigenvalue weighted by molar-refractivity contribution is -0.127. The van der Waals surface area contributed by atoms with Gasteiger partial charge in [0.15, 0.2) is 5.78 Å². The Kier molecular flexibility index (Phi) is 12.0. The highest BCUT2D eigenvalue weighted by Gasteiger charge is 2.52. The van der Waals surface area contributed by atoms with E-state index in [-0.39, 0.29) is 30.4 Å². The maximum atomic E-state index is 15.2. The van der Waals surface area contributed by atoms with Crippen molar-refractivity contribution in [1.82, 2.24) is 24.1 Å². The van der Waals surface area contributed by atoms with E-state index in [1.54, 1.807) is 20.8 Å². The first-order chi connectivity index (χ1) is 28.6. The zero-order valence-electron chi connectivity index (χ0n) is 34.6. The van der Waals surface area contributed by atoms with Crippen LogP contribution >= 0.6 is 11.3 Å². The van der Waals surface area contributed by atoms with Crippen molar-refractivity contribution in [2.75, 3.05) is 7.11 Å². The number of ketones is 1. The van der Waals surface area contributed by atoms with Gasteiger partial charge in [-0.25, -0.2) is 13.8 Å². The topological polar surface area (TPSA) is 154 Å². The Morgan fingerprint density at radius 2 is 1.58 bits per heavy atom. The molecule has 15 heteroatoms. The van der Waals surface area contributed by atoms with Gasteiger partial charge in [-0.05, 0) is 80.1 Å². The van der Waals surface area contributed by atoms with E-state index < -0.39 is 47.8 Å². The summed E-state index contributed by atoms with van der Waals surface area (Å²) in [7, 11) is -2.21. The summed E-state index contributed by atoms with van der Waals surface area (Å²) in [6.07, 6.45) is 4.03. The standard InChI is InChI=1S/C45H49FN6O6SSi/c1-29-39-40(54)51(45(4,5)38(53)26-44(2,3)60(56,33-13-9-7-10-14-33)34-15-11-8-12-16-34)43(55)50(42(39)59-41(29)52-48-23-24-49-52)28-37(35-25-31(46)19-22-36(35)57-6)58-32-20-17-30(27-47)18-21-32/h7-16,19,22-25,30,32,37,56H,17-18,20-21,26,28H2,1-6H3/t30?,32?,37-/m0/s1. The third-order valence-electron chi connectivity index (χ3n) is 12.1. The maximum absolute atomic E-state index is 15.2. The Balaban J connectivity index is 1.38. The van der Waals surface area contributed by atoms with Crippen LogP contribution in [-0.4, -0.2) is 56.2 Å². The van der Waals surface area contributed by atoms with Crippen LogP contribution in [0.2, 0.25) is 5.04 Å². The number of Topliss-reactive ketones (excluding diaryl/α,β-unsaturated/α-hetero) is 1. The lowest BCUT2D eigenvalue weighted by Gasteiger charge is -2.42. The van der Waals surface area contributed by atoms with Gasteiger partial charge >= 0.3 is 5.69 Å². The number of hydrogen-bond acceptors (Lipinski definition) is 10. The van der Waals surface area contributed by atoms with Crippen LogP contribution in [0.3, 0.4) is 0 Å². The van der Waals surface area contributed by atoms with Gasteiger partial charge in [0.25, 0.3) is 13.9 Å². The Bertz CT molecular complexity index is 2620. The molecule has 0 unspecified atom stereocenters. The first-order valence-electron chi connectivity index (χ1n) is 20.0. The van der Waals surface area contributed by atoms with Crippen LogP contribution in [0, 0.1) is 30.0 Å². The summed E-state index contributed by atoms with van der Waals surface area (Å²) >= 11 is 1.15. The Labute approximate surface area is 352 Å². The Morgan fingerprint density at radius 1 is 0.983 bits per heavy atom. The fraction of sp³-hybridized carbons (Fsp3) is 0.378. The third-order valence-corrected chi connectivity index (χ3v) is 17.8. The molecular weight excluding hydrogens is 800 g/mol. The van der Waals surface area contributed by atoms with Crippen molar-refractivity contribution < 1.29 is 23.5 Å². The average Bonchev–Trinajstić information content (AvgIpc) is 3.90. The van der Waals surface area contributed by atoms with Crippen molar-refractivity contribution in [3.63, 3.8) is 0 Å². The molecule has 6 aromatic rings. The molecule has 0 aliphatic heterocycles. The molecule has 0 bridgehead atoms. The number of halogens is 1. The van der Waals surface area contributed by atoms with Crippen molar-refractivity contribution >= 4 is 46.0 Å². The lowest BCUT2D eigenvalue weighted by Crippen LogP contribution is -2.66. The summed E-state index contributed by atoms with van der Waals surface area (Å²) in [5, 5.41) is 19.3. The zero-order chi connectivity index (χ0) is 43.0. The number of fused-ring (bicyclic) bond motifs is 1. The van der Waals surface area contributed by atoms with Crippen LogP contribution in [0.1, 0.15) is 77.0 Å². The van der Waals surface area contributed by atoms with E-state index in [0.29, 0.717) is 52.4 Å². The average molecular weight is 849 g/mol. The lowest BCUT2D eigenvalue weighted by atomic mass is 9.88. The first kappa shape index (κ1) is 42.6. The van der Waals surface area contributed by atoms with Crippen molar-refractivity contribution in [1.29, 1.82) is 5.26 Å². The van der Waals surface area contributed by atoms with Crippen LogP contribution < -0.4 is 26.4 Å². The highest BCUT2D eigenvalue weighted by Crippen LogP contribution is 2.42. The number of benzene rings is 3. The van der Waals surface area contributed by atoms with Gasteiger partial charge in [-0.15, -0.1) is 4.80 Å². The van der Waals surface area contributed by atoms with Crippen LogP contribution in [-0.2, 0) is 21.6 Å². The van der Waals surface area contributed by atoms with Crippen LogP contribution in [0.5, 0.6) is 5.75 Å². The molecule has 0 radical (unpaired) electrons. The number of thiophene rings is 1. The molecule has 1 saturated carbocycles. The molecule has 1 fully saturated rings. The molecule has 1 aliphatic rings. The minimum absolute atomic E-state index is 0.0926. The zero-order valence-corrected chi connectivity index (χ0v) is 36.4. The molecule has 60 heavy (non-hydrogen) atoms. The molecule has 1 N–H and O–H groups in total. The number of hydrogen-bond donors (Lipinski definition) is 1. The molecule has 0 saturated heterocycles. The largest absolute Gasteiger partial charge is 0.496 e. The van der Waals surface area contributed by atoms with Crippen molar-refractivity contribution in [3.05, 3.63) is 129 Å². The molecule has 0 amide bonds. The first-order valence-corrected chi connectivity index (χ1v) is 22.8. The highest BCUT2D eigenvalue weighted by atomic mass is 32.1. The predicted octanol–water partition coefficient (Wildman–Crippen LogP) is 6.33. The fourth-order valence-corrected chi connectivity index (χ4v) is 13.5. The number of nitrogens with zero attached hydrogens (tertiary/aromatic N) is 6. The second kappa shape index (κ2) is 16.8. The van der Waals surface area contributed by atoms with Crippen LogP contribution in [0.15, 0.2) is 101 Å². The summed E-state index contributed by atoms with van der Waals surface area (Å²) in [5.74, 6) is -0.700. The van der Waals surface area contributed by atoms with E-state index in [0.717, 1.165) is 26.3 Å². The van der Waals surface area contributed by atoms with E-state index in [4.69, 9.17) is 9.47 Å². The smallest absolute Gasteiger partial charge is 0.333 e. The number of carbonyl (C=O) groups excluding carboxylic acids is 1. The highest BCUT2D eigenvalue weighted by molar-refractivity contribution is 7.21. The van der Waals surface area contributed by atoms with Crippen LogP contribution in [0.25, 0.3) is 15.2 Å². The second-order valence-corrected chi connectivity index (χ2v) is 21.6. The molecule has 1 aliphatic carbocycles. The minimum Gasteiger partial charge on any atom is -0.496 e. The van der Waals surface area contributed by atoms with Crippen molar-refractivity contribution in [2.24, 2.45) is 5.92 Å². The number of aromatic nitrogens is 5. The molecule has 3 heterocycles. The quantitative estimate of drug-likeness (QED) is 0.124. The number of aryl methyl sites for hydroxylation is 1. The van der Waals surface area contributed by atoms with Gasteiger partial charge in [0, 0.05) is 23.5 Å². The normalized spacial score (nSPS) is 16.7. The SMILES string of the molecule is COc1ccc(F)cc1[C@H](Cn1c(=O)n(C(C)(C)C(=O)CC(C)(C)[Si](O)(c2ccccc2)c2ccccc2)c(=O)c2c(C)c(-n3nccn3)sc21)OC1CCC(C#N)CC1. The van der Waals surface area contributed by atoms with E-state index in [1.807, 2.05) is 74.5 Å². The van der Waals surface area contributed by atoms with Crippen LogP contribution in [0.4, 0.5) is 4.39 Å². The summed E-state index contributed by atoms with van der Waals surface area (Å²) < 4.78 is 30.0. The van der Waals surface area contributed by atoms with Crippen molar-refractivity contribution in [2.45, 2.75) is 96.1 Å². The van der Waals surface area contributed by atoms with Gasteiger partial charge in [-0.3, -0.25) is 14.2 Å². The van der Waals surface area contributed by atoms with Crippen molar-refractivity contribution in [3.8, 4) is 16.8 Å². The molecule has 12 nitrogen and oxygen atoms in total. The summed E-state index contributed by atoms with van der Waals surface area (Å²) in [4.78, 5) is 59.7. The van der Waals surface area contributed by atoms with E-state index in [1.165, 1.54) is 47.1 Å². The van der Waals surface area contributed by atoms with Gasteiger partial charge in [-0.1, -0.05) is 85.8 Å². The molecule has 0 spiro atoms. The van der Waals surface area contributed by atoms with Gasteiger partial charge in [0.05, 0.1) is 43.6 Å². The Morgan fingerprint density at radius 3 is 2.15 bits per heavy atom. The van der Waals surface area contributed by atoms with Gasteiger partial charge in [0.1, 0.15) is 33.0 Å². The molecule has 1 atom stereocenters. The molecular formula is C45H49FN6O6SSi. The molecule has 3 aromatic heterocycles. The molecule has 312 valence electrons. The summed E-state index contributed by atoms with van der Waals surface area (Å²) in [6.45, 7) is 8.42. The van der Waals surface area contributed by atoms with E-state index in [2.05, 4.69) is 16.3 Å². The maximum Gasteiger partial charge on any atom is 0.333 e. The monoisotopic (exact) mass is 848 g/mol. The number of rotatable bonds is 14. The van der Waals surface area contributed by atoms with Gasteiger partial charge < -0.3 is 14.3 Å². The predicted molar refractivity (Wildman–Crippen MR) is 231 cm³/mol. The number of nitriles is 1. The molecule has 3 aromatic carbocycles. The van der Waals surface area contributed by atoms with E-state index >= 15 is 9.18 Å². The Hall–Kier alpha value is -5.53. The summed E-state index contributed by atoms with van der Waals surface area (Å²) in [6, 6.07) is 25.1. The third kappa shape index (κ3) is 7.69. The van der Waals surface area contributed by atoms with Gasteiger partial charge in [-0.2, -0.15) is 15.5 Å². The number of ether oxygens (including phenoxy) is 2. The van der Waals surface area contributed by atoms with Gasteiger partial charge in [0.2, 0.25) is 0 Å². The fourth-order valence-electron chi connectivity index (χ4n) is 8.57. The molecule has 7 rings (SSSR count). The number of carbonyl (C=O) groups is 1. The minimum atomic E-state index is -3.67. The second-order valence-electron chi connectivity index (χ2n) is 16.7. The van der Waals surface area contributed by atoms with E-state index in [9.17, 15) is 19.6 Å². The summed E-state index contributed by atoms with van der Waals surface area (Å²) in [5.41, 5.74) is -2.27.